The molecule has 14 heavy (non-hydrogen) atoms. The Hall–Kier alpha value is -0.670. The molecule has 0 aromatic carbocycles. The molecule has 0 N–H and O–H groups in total. The molecule has 0 rings (SSSR count). The van der Waals surface area contributed by atoms with Crippen molar-refractivity contribution in [3.8, 4) is 0 Å². The van der Waals surface area contributed by atoms with Gasteiger partial charge in [-0.1, -0.05) is 13.0 Å². The van der Waals surface area contributed by atoms with E-state index < -0.39 is 0 Å². The van der Waals surface area contributed by atoms with E-state index in [0.29, 0.717) is 0 Å². The van der Waals surface area contributed by atoms with Crippen molar-refractivity contribution >= 4 is 6.21 Å². The standard InChI is InChI=1S/C11H22N2O/c1-5-11(12-6-2)10-13(7-3)8-9-14-4/h5-6H,7-10H2,1-4H3/b11-5-,12-6?. The predicted molar refractivity (Wildman–Crippen MR) is 61.9 cm³/mol. The van der Waals surface area contributed by atoms with Gasteiger partial charge in [-0.3, -0.25) is 9.89 Å². The lowest BCUT2D eigenvalue weighted by Crippen LogP contribution is -2.29. The van der Waals surface area contributed by atoms with E-state index in [1.165, 1.54) is 0 Å². The van der Waals surface area contributed by atoms with Crippen LogP contribution in [0.2, 0.25) is 0 Å². The van der Waals surface area contributed by atoms with Gasteiger partial charge in [0.05, 0.1) is 6.61 Å². The van der Waals surface area contributed by atoms with E-state index in [1.807, 2.05) is 20.1 Å². The van der Waals surface area contributed by atoms with E-state index in [4.69, 9.17) is 4.74 Å². The maximum atomic E-state index is 5.05. The van der Waals surface area contributed by atoms with Crippen molar-refractivity contribution in [3.05, 3.63) is 11.8 Å². The SMILES string of the molecule is CC=N/C(=C\C)CN(CC)CCOC. The van der Waals surface area contributed by atoms with Crippen LogP contribution in [0, 0.1) is 0 Å². The van der Waals surface area contributed by atoms with Crippen molar-refractivity contribution < 1.29 is 4.74 Å². The van der Waals surface area contributed by atoms with Gasteiger partial charge in [0.2, 0.25) is 0 Å². The van der Waals surface area contributed by atoms with Crippen LogP contribution in [0.1, 0.15) is 20.8 Å². The molecule has 0 aliphatic heterocycles. The Morgan fingerprint density at radius 2 is 2.14 bits per heavy atom. The second-order valence-corrected chi connectivity index (χ2v) is 3.03. The van der Waals surface area contributed by atoms with Gasteiger partial charge >= 0.3 is 0 Å². The number of ether oxygens (including phenoxy) is 1. The highest BCUT2D eigenvalue weighted by Gasteiger charge is 2.03. The van der Waals surface area contributed by atoms with Gasteiger partial charge in [-0.05, 0) is 20.4 Å². The highest BCUT2D eigenvalue weighted by molar-refractivity contribution is 5.55. The molecule has 0 saturated carbocycles. The maximum Gasteiger partial charge on any atom is 0.0589 e. The molecule has 0 radical (unpaired) electrons. The number of hydrogen-bond donors (Lipinski definition) is 0. The number of nitrogens with zero attached hydrogens (tertiary/aromatic N) is 2. The van der Waals surface area contributed by atoms with Crippen LogP contribution in [0.25, 0.3) is 0 Å². The second kappa shape index (κ2) is 8.91. The monoisotopic (exact) mass is 198 g/mol. The minimum atomic E-state index is 0.778. The van der Waals surface area contributed by atoms with Crippen molar-refractivity contribution in [2.24, 2.45) is 4.99 Å². The summed E-state index contributed by atoms with van der Waals surface area (Å²) in [4.78, 5) is 6.60. The Labute approximate surface area is 87.5 Å². The van der Waals surface area contributed by atoms with E-state index in [-0.39, 0.29) is 0 Å². The summed E-state index contributed by atoms with van der Waals surface area (Å²) in [6, 6.07) is 0. The van der Waals surface area contributed by atoms with Crippen molar-refractivity contribution in [3.63, 3.8) is 0 Å². The molecule has 0 unspecified atom stereocenters. The fraction of sp³-hybridized carbons (Fsp3) is 0.727. The Kier molecular flexibility index (Phi) is 8.48. The molecular weight excluding hydrogens is 176 g/mol. The molecule has 0 aliphatic carbocycles. The van der Waals surface area contributed by atoms with Crippen LogP contribution < -0.4 is 0 Å². The molecule has 0 amide bonds. The van der Waals surface area contributed by atoms with E-state index in [2.05, 4.69) is 22.9 Å². The lowest BCUT2D eigenvalue weighted by molar-refractivity contribution is 0.156. The molecule has 3 nitrogen and oxygen atoms in total. The fourth-order valence-electron chi connectivity index (χ4n) is 1.17. The highest BCUT2D eigenvalue weighted by Crippen LogP contribution is 2.00. The van der Waals surface area contributed by atoms with Crippen LogP contribution in [-0.4, -0.2) is 44.5 Å². The van der Waals surface area contributed by atoms with Crippen molar-refractivity contribution in [1.29, 1.82) is 0 Å². The number of allylic oxidation sites excluding steroid dienone is 1. The van der Waals surface area contributed by atoms with Gasteiger partial charge in [-0.15, -0.1) is 0 Å². The first-order valence-corrected chi connectivity index (χ1v) is 5.13. The zero-order valence-electron chi connectivity index (χ0n) is 9.79. The molecule has 3 heteroatoms. The Morgan fingerprint density at radius 3 is 2.57 bits per heavy atom. The van der Waals surface area contributed by atoms with E-state index in [1.54, 1.807) is 7.11 Å². The molecule has 0 aliphatic rings. The van der Waals surface area contributed by atoms with Crippen molar-refractivity contribution in [2.45, 2.75) is 20.8 Å². The first kappa shape index (κ1) is 13.3. The largest absolute Gasteiger partial charge is 0.383 e. The molecule has 0 atom stereocenters. The van der Waals surface area contributed by atoms with Gasteiger partial charge in [0.25, 0.3) is 0 Å². The second-order valence-electron chi connectivity index (χ2n) is 3.03. The summed E-state index contributed by atoms with van der Waals surface area (Å²) in [7, 11) is 1.73. The Bertz CT molecular complexity index is 188. The van der Waals surface area contributed by atoms with Crippen LogP contribution in [0.15, 0.2) is 16.8 Å². The first-order chi connectivity index (χ1) is 6.78. The summed E-state index contributed by atoms with van der Waals surface area (Å²) in [5.74, 6) is 0. The third-order valence-electron chi connectivity index (χ3n) is 2.07. The first-order valence-electron chi connectivity index (χ1n) is 5.13. The molecule has 0 saturated heterocycles. The topological polar surface area (TPSA) is 24.8 Å². The normalized spacial score (nSPS) is 13.1. The fourth-order valence-corrected chi connectivity index (χ4v) is 1.17. The number of aliphatic imine (C=N–C) groups is 1. The van der Waals surface area contributed by atoms with Crippen LogP contribution >= 0.6 is 0 Å². The van der Waals surface area contributed by atoms with Gasteiger partial charge in [-0.25, -0.2) is 0 Å². The van der Waals surface area contributed by atoms with Gasteiger partial charge in [0.15, 0.2) is 0 Å². The number of hydrogen-bond acceptors (Lipinski definition) is 3. The Morgan fingerprint density at radius 1 is 1.43 bits per heavy atom. The minimum absolute atomic E-state index is 0.778. The zero-order chi connectivity index (χ0) is 10.8. The van der Waals surface area contributed by atoms with E-state index in [0.717, 1.165) is 31.9 Å². The van der Waals surface area contributed by atoms with Crippen LogP contribution in [-0.2, 0) is 4.74 Å². The van der Waals surface area contributed by atoms with Crippen LogP contribution in [0.4, 0.5) is 0 Å². The zero-order valence-corrected chi connectivity index (χ0v) is 9.79. The lowest BCUT2D eigenvalue weighted by atomic mass is 10.3. The lowest BCUT2D eigenvalue weighted by Gasteiger charge is -2.19. The van der Waals surface area contributed by atoms with Gasteiger partial charge in [0, 0.05) is 32.1 Å². The molecule has 0 spiro atoms. The van der Waals surface area contributed by atoms with E-state index >= 15 is 0 Å². The summed E-state index contributed by atoms with van der Waals surface area (Å²) < 4.78 is 5.05. The summed E-state index contributed by atoms with van der Waals surface area (Å²) >= 11 is 0. The van der Waals surface area contributed by atoms with Crippen LogP contribution in [0.5, 0.6) is 0 Å². The number of likely N-dealkylation sites (N-methyl/N-ethyl adjacent to an activating group) is 1. The van der Waals surface area contributed by atoms with Crippen molar-refractivity contribution in [2.75, 3.05) is 33.4 Å². The Balaban J connectivity index is 4.01. The smallest absolute Gasteiger partial charge is 0.0589 e. The van der Waals surface area contributed by atoms with Crippen LogP contribution in [0.3, 0.4) is 0 Å². The molecule has 0 fully saturated rings. The molecular formula is C11H22N2O. The van der Waals surface area contributed by atoms with Gasteiger partial charge < -0.3 is 4.74 Å². The summed E-state index contributed by atoms with van der Waals surface area (Å²) in [5, 5.41) is 0. The molecule has 0 aromatic rings. The summed E-state index contributed by atoms with van der Waals surface area (Å²) in [5.41, 5.74) is 1.12. The predicted octanol–water partition coefficient (Wildman–Crippen LogP) is 1.95. The summed E-state index contributed by atoms with van der Waals surface area (Å²) in [6.45, 7) is 9.78. The third kappa shape index (κ3) is 5.89. The van der Waals surface area contributed by atoms with Gasteiger partial charge in [0.1, 0.15) is 0 Å². The third-order valence-corrected chi connectivity index (χ3v) is 2.07. The number of methoxy groups -OCH3 is 1. The molecule has 0 bridgehead atoms. The quantitative estimate of drug-likeness (QED) is 0.584. The molecule has 0 aromatic heterocycles. The molecule has 82 valence electrons. The number of rotatable bonds is 7. The average Bonchev–Trinajstić information content (AvgIpc) is 2.22. The summed E-state index contributed by atoms with van der Waals surface area (Å²) in [6.07, 6.45) is 3.88. The maximum absolute atomic E-state index is 5.05. The van der Waals surface area contributed by atoms with E-state index in [9.17, 15) is 0 Å². The highest BCUT2D eigenvalue weighted by atomic mass is 16.5. The average molecular weight is 198 g/mol. The molecule has 0 heterocycles. The minimum Gasteiger partial charge on any atom is -0.383 e. The van der Waals surface area contributed by atoms with Gasteiger partial charge in [-0.2, -0.15) is 0 Å². The van der Waals surface area contributed by atoms with Crippen molar-refractivity contribution in [1.82, 2.24) is 4.90 Å².